The zero-order valence-electron chi connectivity index (χ0n) is 6.96. The summed E-state index contributed by atoms with van der Waals surface area (Å²) >= 11 is 0. The van der Waals surface area contributed by atoms with Gasteiger partial charge in [-0.2, -0.15) is 0 Å². The summed E-state index contributed by atoms with van der Waals surface area (Å²) in [6, 6.07) is 0. The molecule has 2 atom stereocenters. The molecule has 1 aliphatic carbocycles. The first kappa shape index (κ1) is 7.80. The lowest BCUT2D eigenvalue weighted by molar-refractivity contribution is 0.136. The van der Waals surface area contributed by atoms with E-state index in [1.807, 2.05) is 0 Å². The van der Waals surface area contributed by atoms with Crippen LogP contribution in [0.4, 0.5) is 0 Å². The molecule has 0 fully saturated rings. The Hall–Kier alpha value is -0.300. The average Bonchev–Trinajstić information content (AvgIpc) is 2.10. The Morgan fingerprint density at radius 1 is 1.40 bits per heavy atom. The molecule has 0 amide bonds. The maximum atomic E-state index is 8.97. The molecular formula is C9H16O. The quantitative estimate of drug-likeness (QED) is 0.551. The van der Waals surface area contributed by atoms with Gasteiger partial charge >= 0.3 is 0 Å². The van der Waals surface area contributed by atoms with E-state index < -0.39 is 0 Å². The predicted molar refractivity (Wildman–Crippen MR) is 42.7 cm³/mol. The van der Waals surface area contributed by atoms with Crippen molar-refractivity contribution in [1.29, 1.82) is 0 Å². The number of allylic oxidation sites excluding steroid dienone is 1. The SMILES string of the molecule is CC1C=CC(CO)C1(C)C. The minimum atomic E-state index is 0.259. The van der Waals surface area contributed by atoms with Crippen LogP contribution in [0, 0.1) is 17.3 Å². The van der Waals surface area contributed by atoms with Crippen LogP contribution in [0.3, 0.4) is 0 Å². The van der Waals surface area contributed by atoms with Crippen LogP contribution in [-0.4, -0.2) is 11.7 Å². The summed E-state index contributed by atoms with van der Waals surface area (Å²) in [5, 5.41) is 8.97. The van der Waals surface area contributed by atoms with E-state index in [0.717, 1.165) is 0 Å². The van der Waals surface area contributed by atoms with Crippen LogP contribution in [-0.2, 0) is 0 Å². The molecule has 1 N–H and O–H groups in total. The summed E-state index contributed by atoms with van der Waals surface area (Å²) in [5.41, 5.74) is 0.259. The molecule has 0 aliphatic heterocycles. The number of aliphatic hydroxyl groups excluding tert-OH is 1. The van der Waals surface area contributed by atoms with Gasteiger partial charge in [-0.15, -0.1) is 0 Å². The lowest BCUT2D eigenvalue weighted by Crippen LogP contribution is -2.26. The second-order valence-corrected chi connectivity index (χ2v) is 3.78. The minimum absolute atomic E-state index is 0.259. The maximum absolute atomic E-state index is 8.97. The number of aliphatic hydroxyl groups is 1. The Balaban J connectivity index is 2.72. The first-order valence-electron chi connectivity index (χ1n) is 3.88. The van der Waals surface area contributed by atoms with Crippen molar-refractivity contribution < 1.29 is 5.11 Å². The summed E-state index contributed by atoms with van der Waals surface area (Å²) in [7, 11) is 0. The van der Waals surface area contributed by atoms with Crippen molar-refractivity contribution in [2.75, 3.05) is 6.61 Å². The fourth-order valence-electron chi connectivity index (χ4n) is 1.43. The van der Waals surface area contributed by atoms with Gasteiger partial charge in [-0.1, -0.05) is 32.9 Å². The minimum Gasteiger partial charge on any atom is -0.396 e. The zero-order chi connectivity index (χ0) is 7.78. The van der Waals surface area contributed by atoms with Gasteiger partial charge in [0.2, 0.25) is 0 Å². The molecule has 0 heterocycles. The molecule has 0 saturated carbocycles. The number of hydrogen-bond acceptors (Lipinski definition) is 1. The zero-order valence-corrected chi connectivity index (χ0v) is 6.96. The van der Waals surface area contributed by atoms with Crippen LogP contribution in [0.1, 0.15) is 20.8 Å². The number of rotatable bonds is 1. The third kappa shape index (κ3) is 0.988. The fraction of sp³-hybridized carbons (Fsp3) is 0.778. The van der Waals surface area contributed by atoms with Gasteiger partial charge in [-0.25, -0.2) is 0 Å². The summed E-state index contributed by atoms with van der Waals surface area (Å²) in [6.07, 6.45) is 4.32. The fourth-order valence-corrected chi connectivity index (χ4v) is 1.43. The highest BCUT2D eigenvalue weighted by molar-refractivity contribution is 5.09. The molecule has 2 unspecified atom stereocenters. The van der Waals surface area contributed by atoms with Crippen molar-refractivity contribution in [2.45, 2.75) is 20.8 Å². The Morgan fingerprint density at radius 2 is 2.00 bits per heavy atom. The summed E-state index contributed by atoms with van der Waals surface area (Å²) in [5.74, 6) is 0.965. The molecular weight excluding hydrogens is 124 g/mol. The molecule has 0 radical (unpaired) electrons. The first-order valence-corrected chi connectivity index (χ1v) is 3.88. The van der Waals surface area contributed by atoms with E-state index in [2.05, 4.69) is 32.9 Å². The van der Waals surface area contributed by atoms with Gasteiger partial charge < -0.3 is 5.11 Å². The van der Waals surface area contributed by atoms with Crippen LogP contribution < -0.4 is 0 Å². The second kappa shape index (κ2) is 2.39. The van der Waals surface area contributed by atoms with Gasteiger partial charge in [0.15, 0.2) is 0 Å². The van der Waals surface area contributed by atoms with Crippen molar-refractivity contribution in [3.05, 3.63) is 12.2 Å². The maximum Gasteiger partial charge on any atom is 0.0499 e. The third-order valence-electron chi connectivity index (χ3n) is 2.96. The van der Waals surface area contributed by atoms with E-state index in [1.54, 1.807) is 0 Å². The van der Waals surface area contributed by atoms with E-state index in [0.29, 0.717) is 11.8 Å². The van der Waals surface area contributed by atoms with Crippen molar-refractivity contribution in [2.24, 2.45) is 17.3 Å². The van der Waals surface area contributed by atoms with E-state index >= 15 is 0 Å². The van der Waals surface area contributed by atoms with E-state index in [-0.39, 0.29) is 12.0 Å². The molecule has 58 valence electrons. The molecule has 0 bridgehead atoms. The Morgan fingerprint density at radius 3 is 2.20 bits per heavy atom. The lowest BCUT2D eigenvalue weighted by atomic mass is 9.76. The first-order chi connectivity index (χ1) is 4.59. The molecule has 0 spiro atoms. The largest absolute Gasteiger partial charge is 0.396 e. The molecule has 1 aliphatic rings. The van der Waals surface area contributed by atoms with Gasteiger partial charge in [0, 0.05) is 12.5 Å². The lowest BCUT2D eigenvalue weighted by Gasteiger charge is -2.30. The topological polar surface area (TPSA) is 20.2 Å². The van der Waals surface area contributed by atoms with Gasteiger partial charge in [0.25, 0.3) is 0 Å². The van der Waals surface area contributed by atoms with Crippen LogP contribution in [0.15, 0.2) is 12.2 Å². The van der Waals surface area contributed by atoms with E-state index in [4.69, 9.17) is 5.11 Å². The molecule has 0 aromatic heterocycles. The Bertz CT molecular complexity index is 147. The smallest absolute Gasteiger partial charge is 0.0499 e. The molecule has 0 aromatic rings. The standard InChI is InChI=1S/C9H16O/c1-7-4-5-8(6-10)9(7,2)3/h4-5,7-8,10H,6H2,1-3H3. The van der Waals surface area contributed by atoms with Crippen LogP contribution in [0.25, 0.3) is 0 Å². The van der Waals surface area contributed by atoms with Crippen molar-refractivity contribution in [3.63, 3.8) is 0 Å². The summed E-state index contributed by atoms with van der Waals surface area (Å²) < 4.78 is 0. The highest BCUT2D eigenvalue weighted by Crippen LogP contribution is 2.41. The Labute approximate surface area is 62.8 Å². The van der Waals surface area contributed by atoms with Crippen LogP contribution in [0.2, 0.25) is 0 Å². The predicted octanol–water partition coefficient (Wildman–Crippen LogP) is 1.83. The average molecular weight is 140 g/mol. The second-order valence-electron chi connectivity index (χ2n) is 3.78. The molecule has 0 aromatic carbocycles. The molecule has 1 rings (SSSR count). The Kier molecular flexibility index (Phi) is 1.86. The van der Waals surface area contributed by atoms with Gasteiger partial charge in [-0.3, -0.25) is 0 Å². The molecule has 10 heavy (non-hydrogen) atoms. The van der Waals surface area contributed by atoms with Crippen LogP contribution >= 0.6 is 0 Å². The molecule has 1 nitrogen and oxygen atoms in total. The third-order valence-corrected chi connectivity index (χ3v) is 2.96. The molecule has 1 heteroatoms. The van der Waals surface area contributed by atoms with Gasteiger partial charge in [0.05, 0.1) is 0 Å². The highest BCUT2D eigenvalue weighted by atomic mass is 16.3. The van der Waals surface area contributed by atoms with Gasteiger partial charge in [-0.05, 0) is 11.3 Å². The normalized spacial score (nSPS) is 36.8. The monoisotopic (exact) mass is 140 g/mol. The van der Waals surface area contributed by atoms with Crippen LogP contribution in [0.5, 0.6) is 0 Å². The van der Waals surface area contributed by atoms with E-state index in [9.17, 15) is 0 Å². The summed E-state index contributed by atoms with van der Waals surface area (Å²) in [4.78, 5) is 0. The van der Waals surface area contributed by atoms with Gasteiger partial charge in [0.1, 0.15) is 0 Å². The highest BCUT2D eigenvalue weighted by Gasteiger charge is 2.35. The van der Waals surface area contributed by atoms with Crippen molar-refractivity contribution in [3.8, 4) is 0 Å². The van der Waals surface area contributed by atoms with Crippen molar-refractivity contribution in [1.82, 2.24) is 0 Å². The number of hydrogen-bond donors (Lipinski definition) is 1. The molecule has 0 saturated heterocycles. The van der Waals surface area contributed by atoms with E-state index in [1.165, 1.54) is 0 Å². The van der Waals surface area contributed by atoms with Crippen molar-refractivity contribution >= 4 is 0 Å². The summed E-state index contributed by atoms with van der Waals surface area (Å²) in [6.45, 7) is 6.90.